The molecule has 0 saturated heterocycles. The summed E-state index contributed by atoms with van der Waals surface area (Å²) in [4.78, 5) is 22.1. The predicted molar refractivity (Wildman–Crippen MR) is 72.7 cm³/mol. The molecule has 0 unspecified atom stereocenters. The molecule has 1 atom stereocenters. The van der Waals surface area contributed by atoms with Crippen molar-refractivity contribution < 1.29 is 24.5 Å². The summed E-state index contributed by atoms with van der Waals surface area (Å²) < 4.78 is 5.42. The maximum Gasteiger partial charge on any atom is 0.328 e. The van der Waals surface area contributed by atoms with Gasteiger partial charge in [-0.3, -0.25) is 4.79 Å². The number of carboxylic acids is 1. The monoisotopic (exact) mass is 281 g/mol. The zero-order valence-electron chi connectivity index (χ0n) is 11.5. The molecule has 0 bridgehead atoms. The zero-order valence-corrected chi connectivity index (χ0v) is 11.5. The maximum atomic E-state index is 11.5. The summed E-state index contributed by atoms with van der Waals surface area (Å²) in [6.07, 6.45) is 0.0245. The lowest BCUT2D eigenvalue weighted by molar-refractivity contribution is -0.143. The molecule has 0 fully saturated rings. The average Bonchev–Trinajstić information content (AvgIpc) is 2.39. The van der Waals surface area contributed by atoms with Crippen LogP contribution in [-0.4, -0.2) is 41.3 Å². The third-order valence-electron chi connectivity index (χ3n) is 2.89. The van der Waals surface area contributed by atoms with Crippen molar-refractivity contribution in [3.05, 3.63) is 29.3 Å². The number of aliphatic carboxylic acids is 1. The molecule has 110 valence electrons. The number of carbonyl (C=O) groups excluding carboxylic acids is 1. The second-order valence-corrected chi connectivity index (χ2v) is 4.49. The smallest absolute Gasteiger partial charge is 0.328 e. The van der Waals surface area contributed by atoms with Crippen molar-refractivity contribution >= 4 is 11.9 Å². The second kappa shape index (κ2) is 7.49. The van der Waals surface area contributed by atoms with Gasteiger partial charge in [0.05, 0.1) is 19.6 Å². The molecule has 0 radical (unpaired) electrons. The first-order chi connectivity index (χ1) is 9.43. The largest absolute Gasteiger partial charge is 0.493 e. The van der Waals surface area contributed by atoms with Crippen LogP contribution in [0.15, 0.2) is 18.2 Å². The minimum atomic E-state index is -1.27. The number of benzene rings is 1. The Labute approximate surface area is 117 Å². The van der Waals surface area contributed by atoms with Crippen LogP contribution in [0.4, 0.5) is 0 Å². The van der Waals surface area contributed by atoms with Crippen LogP contribution in [0.25, 0.3) is 0 Å². The Morgan fingerprint density at radius 2 is 2.00 bits per heavy atom. The van der Waals surface area contributed by atoms with E-state index in [2.05, 4.69) is 5.32 Å². The first kappa shape index (κ1) is 16.0. The molecule has 0 heterocycles. The van der Waals surface area contributed by atoms with Crippen molar-refractivity contribution in [2.75, 3.05) is 13.2 Å². The summed E-state index contributed by atoms with van der Waals surface area (Å²) in [5, 5.41) is 19.7. The van der Waals surface area contributed by atoms with Crippen molar-refractivity contribution in [2.45, 2.75) is 26.3 Å². The van der Waals surface area contributed by atoms with Gasteiger partial charge in [-0.1, -0.05) is 6.07 Å². The van der Waals surface area contributed by atoms with E-state index >= 15 is 0 Å². The van der Waals surface area contributed by atoms with Crippen LogP contribution in [0.1, 0.15) is 17.5 Å². The van der Waals surface area contributed by atoms with E-state index < -0.39 is 24.5 Å². The molecular formula is C14H19NO5. The zero-order chi connectivity index (χ0) is 15.1. The molecule has 1 rings (SSSR count). The second-order valence-electron chi connectivity index (χ2n) is 4.49. The van der Waals surface area contributed by atoms with Crippen LogP contribution in [0.3, 0.4) is 0 Å². The Morgan fingerprint density at radius 1 is 1.30 bits per heavy atom. The molecule has 0 aliphatic carbocycles. The highest BCUT2D eigenvalue weighted by Gasteiger charge is 2.18. The Kier molecular flexibility index (Phi) is 5.99. The number of aryl methyl sites for hydroxylation is 2. The van der Waals surface area contributed by atoms with Crippen LogP contribution in [-0.2, 0) is 9.59 Å². The van der Waals surface area contributed by atoms with E-state index in [1.807, 2.05) is 32.0 Å². The van der Waals surface area contributed by atoms with Gasteiger partial charge in [0.1, 0.15) is 11.8 Å². The fraction of sp³-hybridized carbons (Fsp3) is 0.429. The summed E-state index contributed by atoms with van der Waals surface area (Å²) in [5.74, 6) is -1.08. The summed E-state index contributed by atoms with van der Waals surface area (Å²) in [5.41, 5.74) is 2.25. The topological polar surface area (TPSA) is 95.9 Å². The van der Waals surface area contributed by atoms with Gasteiger partial charge in [0.25, 0.3) is 0 Å². The van der Waals surface area contributed by atoms with Crippen molar-refractivity contribution in [3.8, 4) is 5.75 Å². The first-order valence-electron chi connectivity index (χ1n) is 6.27. The highest BCUT2D eigenvalue weighted by molar-refractivity contribution is 5.83. The molecule has 20 heavy (non-hydrogen) atoms. The summed E-state index contributed by atoms with van der Waals surface area (Å²) >= 11 is 0. The number of nitrogens with one attached hydrogen (secondary N) is 1. The fourth-order valence-electron chi connectivity index (χ4n) is 1.52. The van der Waals surface area contributed by atoms with Gasteiger partial charge in [0.2, 0.25) is 5.91 Å². The van der Waals surface area contributed by atoms with Crippen molar-refractivity contribution in [1.29, 1.82) is 0 Å². The number of aliphatic hydroxyl groups excluding tert-OH is 1. The quantitative estimate of drug-likeness (QED) is 0.681. The van der Waals surface area contributed by atoms with Gasteiger partial charge in [0.15, 0.2) is 0 Å². The number of hydrogen-bond acceptors (Lipinski definition) is 4. The number of rotatable bonds is 7. The molecule has 0 aliphatic heterocycles. The highest BCUT2D eigenvalue weighted by atomic mass is 16.5. The van der Waals surface area contributed by atoms with E-state index in [1.165, 1.54) is 0 Å². The molecule has 1 aromatic carbocycles. The van der Waals surface area contributed by atoms with Gasteiger partial charge in [0, 0.05) is 0 Å². The minimum absolute atomic E-state index is 0.0245. The fourth-order valence-corrected chi connectivity index (χ4v) is 1.52. The van der Waals surface area contributed by atoms with E-state index in [0.29, 0.717) is 5.75 Å². The molecule has 6 heteroatoms. The molecule has 0 aliphatic rings. The number of hydrogen-bond donors (Lipinski definition) is 3. The number of carboxylic acid groups (broad SMARTS) is 1. The van der Waals surface area contributed by atoms with Crippen molar-refractivity contribution in [3.63, 3.8) is 0 Å². The SMILES string of the molecule is Cc1ccc(OCCC(=O)N[C@H](CO)C(=O)O)cc1C. The molecule has 0 saturated carbocycles. The number of aliphatic hydroxyl groups is 1. The molecule has 1 amide bonds. The van der Waals surface area contributed by atoms with Crippen LogP contribution >= 0.6 is 0 Å². The van der Waals surface area contributed by atoms with Crippen LogP contribution in [0, 0.1) is 13.8 Å². The van der Waals surface area contributed by atoms with Crippen molar-refractivity contribution in [1.82, 2.24) is 5.32 Å². The van der Waals surface area contributed by atoms with E-state index in [0.717, 1.165) is 11.1 Å². The Morgan fingerprint density at radius 3 is 2.55 bits per heavy atom. The Hall–Kier alpha value is -2.08. The summed E-state index contributed by atoms with van der Waals surface area (Å²) in [6, 6.07) is 4.34. The Balaban J connectivity index is 2.38. The molecule has 0 spiro atoms. The normalized spacial score (nSPS) is 11.8. The van der Waals surface area contributed by atoms with Crippen molar-refractivity contribution in [2.24, 2.45) is 0 Å². The Bertz CT molecular complexity index is 486. The number of amides is 1. The van der Waals surface area contributed by atoms with Crippen LogP contribution in [0.2, 0.25) is 0 Å². The van der Waals surface area contributed by atoms with Gasteiger partial charge in [-0.15, -0.1) is 0 Å². The lowest BCUT2D eigenvalue weighted by atomic mass is 10.1. The van der Waals surface area contributed by atoms with Gasteiger partial charge >= 0.3 is 5.97 Å². The van der Waals surface area contributed by atoms with Crippen LogP contribution in [0.5, 0.6) is 5.75 Å². The van der Waals surface area contributed by atoms with Gasteiger partial charge in [-0.2, -0.15) is 0 Å². The highest BCUT2D eigenvalue weighted by Crippen LogP contribution is 2.16. The van der Waals surface area contributed by atoms with E-state index in [9.17, 15) is 9.59 Å². The lowest BCUT2D eigenvalue weighted by Gasteiger charge is -2.12. The lowest BCUT2D eigenvalue weighted by Crippen LogP contribution is -2.43. The van der Waals surface area contributed by atoms with Gasteiger partial charge < -0.3 is 20.3 Å². The minimum Gasteiger partial charge on any atom is -0.493 e. The van der Waals surface area contributed by atoms with Crippen LogP contribution < -0.4 is 10.1 Å². The molecule has 1 aromatic rings. The molecule has 3 N–H and O–H groups in total. The standard InChI is InChI=1S/C14H19NO5/c1-9-3-4-11(7-10(9)2)20-6-5-13(17)15-12(8-16)14(18)19/h3-4,7,12,16H,5-6,8H2,1-2H3,(H,15,17)(H,18,19)/t12-/m1/s1. The third-order valence-corrected chi connectivity index (χ3v) is 2.89. The molecular weight excluding hydrogens is 262 g/mol. The van der Waals surface area contributed by atoms with E-state index in [4.69, 9.17) is 14.9 Å². The number of carbonyl (C=O) groups is 2. The van der Waals surface area contributed by atoms with E-state index in [-0.39, 0.29) is 13.0 Å². The predicted octanol–water partition coefficient (Wildman–Crippen LogP) is 0.634. The third kappa shape index (κ3) is 4.89. The summed E-state index contributed by atoms with van der Waals surface area (Å²) in [6.45, 7) is 3.46. The summed E-state index contributed by atoms with van der Waals surface area (Å²) in [7, 11) is 0. The first-order valence-corrected chi connectivity index (χ1v) is 6.27. The molecule has 6 nitrogen and oxygen atoms in total. The molecule has 0 aromatic heterocycles. The van der Waals surface area contributed by atoms with Gasteiger partial charge in [-0.05, 0) is 37.1 Å². The average molecular weight is 281 g/mol. The van der Waals surface area contributed by atoms with E-state index in [1.54, 1.807) is 0 Å². The maximum absolute atomic E-state index is 11.5. The van der Waals surface area contributed by atoms with Gasteiger partial charge in [-0.25, -0.2) is 4.79 Å². The number of ether oxygens (including phenoxy) is 1.